The zero-order chi connectivity index (χ0) is 11.0. The van der Waals surface area contributed by atoms with Crippen molar-refractivity contribution in [2.75, 3.05) is 23.7 Å². The van der Waals surface area contributed by atoms with Crippen LogP contribution in [-0.4, -0.2) is 23.1 Å². The largest absolute Gasteiger partial charge is 0.371 e. The summed E-state index contributed by atoms with van der Waals surface area (Å²) in [4.78, 5) is 10.7. The molecule has 2 N–H and O–H groups in total. The highest BCUT2D eigenvalue weighted by atomic mass is 15.1. The van der Waals surface area contributed by atoms with Gasteiger partial charge in [0.15, 0.2) is 0 Å². The molecule has 0 spiro atoms. The lowest BCUT2D eigenvalue weighted by Crippen LogP contribution is -2.17. The van der Waals surface area contributed by atoms with Gasteiger partial charge in [-0.3, -0.25) is 0 Å². The fraction of sp³-hybridized carbons (Fsp3) is 0.333. The van der Waals surface area contributed by atoms with Gasteiger partial charge in [0.1, 0.15) is 0 Å². The van der Waals surface area contributed by atoms with Gasteiger partial charge < -0.3 is 10.6 Å². The predicted molar refractivity (Wildman–Crippen MR) is 65.4 cm³/mol. The summed E-state index contributed by atoms with van der Waals surface area (Å²) in [6.07, 6.45) is 4.36. The van der Waals surface area contributed by atoms with Gasteiger partial charge in [0.2, 0.25) is 5.95 Å². The van der Waals surface area contributed by atoms with Crippen molar-refractivity contribution < 1.29 is 0 Å². The molecule has 16 heavy (non-hydrogen) atoms. The van der Waals surface area contributed by atoms with E-state index in [0.29, 0.717) is 5.95 Å². The Morgan fingerprint density at radius 2 is 2.00 bits per heavy atom. The third-order valence-corrected chi connectivity index (χ3v) is 3.07. The lowest BCUT2D eigenvalue weighted by molar-refractivity contribution is 0.949. The molecule has 0 unspecified atom stereocenters. The number of nitrogens with zero attached hydrogens (tertiary/aromatic N) is 3. The van der Waals surface area contributed by atoms with E-state index in [9.17, 15) is 0 Å². The Morgan fingerprint density at radius 3 is 2.81 bits per heavy atom. The van der Waals surface area contributed by atoms with Crippen molar-refractivity contribution >= 4 is 22.5 Å². The molecule has 2 heterocycles. The van der Waals surface area contributed by atoms with Crippen molar-refractivity contribution in [1.29, 1.82) is 0 Å². The number of nitrogen functional groups attached to an aromatic ring is 1. The molecule has 1 aliphatic heterocycles. The maximum Gasteiger partial charge on any atom is 0.220 e. The smallest absolute Gasteiger partial charge is 0.220 e. The first kappa shape index (κ1) is 9.39. The van der Waals surface area contributed by atoms with Crippen LogP contribution in [0, 0.1) is 0 Å². The Morgan fingerprint density at radius 1 is 1.19 bits per heavy atom. The molecule has 0 saturated carbocycles. The number of hydrogen-bond acceptors (Lipinski definition) is 4. The summed E-state index contributed by atoms with van der Waals surface area (Å²) >= 11 is 0. The van der Waals surface area contributed by atoms with Crippen LogP contribution in [0.4, 0.5) is 11.6 Å². The molecule has 4 nitrogen and oxygen atoms in total. The second kappa shape index (κ2) is 3.63. The van der Waals surface area contributed by atoms with Crippen LogP contribution in [0.5, 0.6) is 0 Å². The number of aromatic nitrogens is 2. The molecule has 0 bridgehead atoms. The van der Waals surface area contributed by atoms with E-state index in [1.54, 1.807) is 0 Å². The molecule has 82 valence electrons. The van der Waals surface area contributed by atoms with Gasteiger partial charge in [0, 0.05) is 30.4 Å². The average molecular weight is 214 g/mol. The highest BCUT2D eigenvalue weighted by Gasteiger charge is 2.14. The Kier molecular flexibility index (Phi) is 2.13. The van der Waals surface area contributed by atoms with Gasteiger partial charge >= 0.3 is 0 Å². The monoisotopic (exact) mass is 214 g/mol. The summed E-state index contributed by atoms with van der Waals surface area (Å²) in [5.74, 6) is 0.339. The van der Waals surface area contributed by atoms with Crippen LogP contribution in [0.15, 0.2) is 24.4 Å². The average Bonchev–Trinajstić information content (AvgIpc) is 2.81. The highest BCUT2D eigenvalue weighted by Crippen LogP contribution is 2.28. The zero-order valence-electron chi connectivity index (χ0n) is 9.06. The minimum atomic E-state index is 0.339. The van der Waals surface area contributed by atoms with Crippen molar-refractivity contribution in [2.24, 2.45) is 0 Å². The molecule has 1 fully saturated rings. The molecule has 1 aromatic heterocycles. The molecule has 0 amide bonds. The minimum absolute atomic E-state index is 0.339. The molecular weight excluding hydrogens is 200 g/mol. The van der Waals surface area contributed by atoms with Gasteiger partial charge in [0.25, 0.3) is 0 Å². The highest BCUT2D eigenvalue weighted by molar-refractivity contribution is 5.91. The summed E-state index contributed by atoms with van der Waals surface area (Å²) in [6, 6.07) is 6.14. The molecule has 0 radical (unpaired) electrons. The van der Waals surface area contributed by atoms with Gasteiger partial charge in [-0.1, -0.05) is 6.07 Å². The zero-order valence-corrected chi connectivity index (χ0v) is 9.06. The van der Waals surface area contributed by atoms with Crippen molar-refractivity contribution in [2.45, 2.75) is 12.8 Å². The van der Waals surface area contributed by atoms with Gasteiger partial charge in [-0.2, -0.15) is 0 Å². The van der Waals surface area contributed by atoms with E-state index >= 15 is 0 Å². The van der Waals surface area contributed by atoms with Crippen LogP contribution in [0.2, 0.25) is 0 Å². The quantitative estimate of drug-likeness (QED) is 0.786. The first-order valence-electron chi connectivity index (χ1n) is 5.61. The van der Waals surface area contributed by atoms with Gasteiger partial charge in [-0.15, -0.1) is 0 Å². The second-order valence-electron chi connectivity index (χ2n) is 4.13. The number of nitrogens with two attached hydrogens (primary N) is 1. The maximum absolute atomic E-state index is 5.59. The molecular formula is C12H14N4. The third kappa shape index (κ3) is 1.46. The van der Waals surface area contributed by atoms with Crippen LogP contribution < -0.4 is 10.6 Å². The molecule has 4 heteroatoms. The topological polar surface area (TPSA) is 55.0 Å². The normalized spacial score (nSPS) is 15.9. The lowest BCUT2D eigenvalue weighted by atomic mass is 10.2. The predicted octanol–water partition coefficient (Wildman–Crippen LogP) is 1.81. The number of hydrogen-bond donors (Lipinski definition) is 1. The van der Waals surface area contributed by atoms with Crippen LogP contribution >= 0.6 is 0 Å². The third-order valence-electron chi connectivity index (χ3n) is 3.07. The molecule has 3 rings (SSSR count). The van der Waals surface area contributed by atoms with Gasteiger partial charge in [0.05, 0.1) is 5.52 Å². The summed E-state index contributed by atoms with van der Waals surface area (Å²) in [5.41, 5.74) is 7.75. The van der Waals surface area contributed by atoms with Crippen LogP contribution in [0.3, 0.4) is 0 Å². The van der Waals surface area contributed by atoms with E-state index in [2.05, 4.69) is 20.9 Å². The summed E-state index contributed by atoms with van der Waals surface area (Å²) in [7, 11) is 0. The Bertz CT molecular complexity index is 517. The molecule has 0 aliphatic carbocycles. The number of anilines is 2. The second-order valence-corrected chi connectivity index (χ2v) is 4.13. The van der Waals surface area contributed by atoms with E-state index in [1.807, 2.05) is 18.3 Å². The molecule has 1 saturated heterocycles. The van der Waals surface area contributed by atoms with Gasteiger partial charge in [-0.05, 0) is 25.0 Å². The summed E-state index contributed by atoms with van der Waals surface area (Å²) in [5, 5.41) is 1.10. The Labute approximate surface area is 94.1 Å². The first-order valence-corrected chi connectivity index (χ1v) is 5.61. The molecule has 2 aromatic rings. The van der Waals surface area contributed by atoms with Crippen molar-refractivity contribution in [3.05, 3.63) is 24.4 Å². The summed E-state index contributed by atoms with van der Waals surface area (Å²) < 4.78 is 0. The van der Waals surface area contributed by atoms with E-state index < -0.39 is 0 Å². The van der Waals surface area contributed by atoms with E-state index in [-0.39, 0.29) is 0 Å². The Balaban J connectivity index is 2.16. The fourth-order valence-corrected chi connectivity index (χ4v) is 2.29. The van der Waals surface area contributed by atoms with E-state index in [1.165, 1.54) is 18.5 Å². The molecule has 1 aromatic carbocycles. The van der Waals surface area contributed by atoms with E-state index in [4.69, 9.17) is 5.73 Å². The van der Waals surface area contributed by atoms with Crippen molar-refractivity contribution in [3.8, 4) is 0 Å². The Hall–Kier alpha value is -1.84. The molecule has 1 aliphatic rings. The first-order chi connectivity index (χ1) is 7.84. The standard InChI is InChI=1S/C12H14N4/c13-12-14-8-9-10(15-12)4-3-5-11(9)16-6-1-2-7-16/h3-5,8H,1-2,6-7H2,(H2,13,14,15). The fourth-order valence-electron chi connectivity index (χ4n) is 2.29. The van der Waals surface area contributed by atoms with Gasteiger partial charge in [-0.25, -0.2) is 9.97 Å². The maximum atomic E-state index is 5.59. The SMILES string of the molecule is Nc1ncc2c(N3CCCC3)cccc2n1. The van der Waals surface area contributed by atoms with Crippen LogP contribution in [-0.2, 0) is 0 Å². The van der Waals surface area contributed by atoms with E-state index in [0.717, 1.165) is 24.0 Å². The molecule has 0 atom stereocenters. The minimum Gasteiger partial charge on any atom is -0.371 e. The van der Waals surface area contributed by atoms with Crippen LogP contribution in [0.1, 0.15) is 12.8 Å². The number of fused-ring (bicyclic) bond motifs is 1. The number of rotatable bonds is 1. The number of benzene rings is 1. The summed E-state index contributed by atoms with van der Waals surface area (Å²) in [6.45, 7) is 2.26. The van der Waals surface area contributed by atoms with Crippen molar-refractivity contribution in [3.63, 3.8) is 0 Å². The lowest BCUT2D eigenvalue weighted by Gasteiger charge is -2.19. The van der Waals surface area contributed by atoms with Crippen LogP contribution in [0.25, 0.3) is 10.9 Å². The van der Waals surface area contributed by atoms with Crippen molar-refractivity contribution in [1.82, 2.24) is 9.97 Å².